The molecule has 0 saturated heterocycles. The van der Waals surface area contributed by atoms with Crippen molar-refractivity contribution in [2.24, 2.45) is 0 Å². The van der Waals surface area contributed by atoms with E-state index in [0.717, 1.165) is 10.0 Å². The summed E-state index contributed by atoms with van der Waals surface area (Å²) >= 11 is 6.82. The van der Waals surface area contributed by atoms with E-state index in [0.29, 0.717) is 22.4 Å². The second-order valence-corrected chi connectivity index (χ2v) is 5.78. The van der Waals surface area contributed by atoms with Crippen LogP contribution in [0.5, 0.6) is 0 Å². The lowest BCUT2D eigenvalue weighted by atomic mass is 10.2. The first-order valence-corrected chi connectivity index (χ1v) is 7.36. The summed E-state index contributed by atoms with van der Waals surface area (Å²) < 4.78 is 1.61. The number of benzene rings is 1. The molecule has 7 heteroatoms. The molecule has 20 heavy (non-hydrogen) atoms. The van der Waals surface area contributed by atoms with Gasteiger partial charge in [0.05, 0.1) is 9.40 Å². The molecular weight excluding hydrogens is 390 g/mol. The van der Waals surface area contributed by atoms with Crippen molar-refractivity contribution in [3.05, 3.63) is 60.6 Å². The maximum Gasteiger partial charge on any atom is 0.291 e. The lowest BCUT2D eigenvalue weighted by molar-refractivity contribution is -0.385. The minimum atomic E-state index is -0.440. The summed E-state index contributed by atoms with van der Waals surface area (Å²) in [6.45, 7) is 2.26. The number of nitrogens with one attached hydrogen (secondary N) is 1. The molecule has 0 spiro atoms. The van der Waals surface area contributed by atoms with Gasteiger partial charge in [-0.3, -0.25) is 10.1 Å². The first kappa shape index (κ1) is 14.9. The maximum absolute atomic E-state index is 10.8. The number of hydrogen-bond acceptors (Lipinski definition) is 4. The molecule has 0 radical (unpaired) electrons. The van der Waals surface area contributed by atoms with Crippen LogP contribution in [0, 0.1) is 17.0 Å². The monoisotopic (exact) mass is 399 g/mol. The number of rotatable bonds is 4. The zero-order valence-electron chi connectivity index (χ0n) is 10.6. The molecule has 2 rings (SSSR count). The van der Waals surface area contributed by atoms with Gasteiger partial charge in [0, 0.05) is 16.6 Å². The summed E-state index contributed by atoms with van der Waals surface area (Å²) in [6.07, 6.45) is 1.27. The summed E-state index contributed by atoms with van der Waals surface area (Å²) in [5.41, 5.74) is 1.64. The lowest BCUT2D eigenvalue weighted by Gasteiger charge is -2.10. The van der Waals surface area contributed by atoms with Crippen LogP contribution >= 0.6 is 31.9 Å². The predicted octanol–water partition coefficient (Wildman–Crippen LogP) is 4.44. The molecule has 5 nitrogen and oxygen atoms in total. The van der Waals surface area contributed by atoms with Gasteiger partial charge in [-0.1, -0.05) is 34.1 Å². The van der Waals surface area contributed by atoms with E-state index in [4.69, 9.17) is 0 Å². The molecule has 0 amide bonds. The van der Waals surface area contributed by atoms with Crippen LogP contribution in [-0.4, -0.2) is 9.91 Å². The van der Waals surface area contributed by atoms with E-state index in [9.17, 15) is 10.1 Å². The van der Waals surface area contributed by atoms with Gasteiger partial charge in [-0.05, 0) is 34.5 Å². The van der Waals surface area contributed by atoms with Crippen LogP contribution in [0.4, 0.5) is 11.5 Å². The Morgan fingerprint density at radius 3 is 2.70 bits per heavy atom. The molecular formula is C13H11Br2N3O2. The smallest absolute Gasteiger partial charge is 0.291 e. The second kappa shape index (κ2) is 6.32. The highest BCUT2D eigenvalue weighted by Crippen LogP contribution is 2.31. The van der Waals surface area contributed by atoms with E-state index < -0.39 is 4.92 Å². The van der Waals surface area contributed by atoms with Gasteiger partial charge in [-0.2, -0.15) is 0 Å². The van der Waals surface area contributed by atoms with E-state index >= 15 is 0 Å². The fourth-order valence-electron chi connectivity index (χ4n) is 1.70. The zero-order chi connectivity index (χ0) is 14.7. The third-order valence-electron chi connectivity index (χ3n) is 2.84. The Morgan fingerprint density at radius 2 is 2.05 bits per heavy atom. The topological polar surface area (TPSA) is 68.1 Å². The first-order valence-electron chi connectivity index (χ1n) is 5.77. The number of aromatic nitrogens is 1. The van der Waals surface area contributed by atoms with Crippen molar-refractivity contribution >= 4 is 43.4 Å². The Hall–Kier alpha value is -1.47. The standard InChI is InChI=1S/C13H11Br2N3O2/c1-8-11(18(19)20)7-17-13(12(8)15)16-6-9-4-2-3-5-10(9)14/h2-5,7H,6H2,1H3,(H,16,17). The van der Waals surface area contributed by atoms with Crippen molar-refractivity contribution in [1.29, 1.82) is 0 Å². The van der Waals surface area contributed by atoms with Gasteiger partial charge in [0.15, 0.2) is 0 Å². The van der Waals surface area contributed by atoms with Crippen molar-refractivity contribution in [2.45, 2.75) is 13.5 Å². The van der Waals surface area contributed by atoms with E-state index in [1.165, 1.54) is 6.20 Å². The van der Waals surface area contributed by atoms with Crippen LogP contribution in [0.3, 0.4) is 0 Å². The average molecular weight is 401 g/mol. The molecule has 0 saturated carbocycles. The molecule has 0 aliphatic heterocycles. The quantitative estimate of drug-likeness (QED) is 0.608. The fourth-order valence-corrected chi connectivity index (χ4v) is 2.57. The van der Waals surface area contributed by atoms with Gasteiger partial charge in [-0.25, -0.2) is 4.98 Å². The lowest BCUT2D eigenvalue weighted by Crippen LogP contribution is -2.04. The third-order valence-corrected chi connectivity index (χ3v) is 4.58. The number of pyridine rings is 1. The molecule has 2 aromatic rings. The second-order valence-electron chi connectivity index (χ2n) is 4.13. The van der Waals surface area contributed by atoms with Gasteiger partial charge >= 0.3 is 0 Å². The Morgan fingerprint density at radius 1 is 1.35 bits per heavy atom. The van der Waals surface area contributed by atoms with Gasteiger partial charge in [0.25, 0.3) is 5.69 Å². The van der Waals surface area contributed by atoms with Crippen molar-refractivity contribution in [1.82, 2.24) is 4.98 Å². The average Bonchev–Trinajstić information content (AvgIpc) is 2.41. The van der Waals surface area contributed by atoms with Gasteiger partial charge in [-0.15, -0.1) is 0 Å². The highest BCUT2D eigenvalue weighted by atomic mass is 79.9. The van der Waals surface area contributed by atoms with Gasteiger partial charge in [0.2, 0.25) is 0 Å². The normalized spacial score (nSPS) is 10.3. The number of hydrogen-bond donors (Lipinski definition) is 1. The van der Waals surface area contributed by atoms with Crippen molar-refractivity contribution in [3.63, 3.8) is 0 Å². The third kappa shape index (κ3) is 3.16. The SMILES string of the molecule is Cc1c([N+](=O)[O-])cnc(NCc2ccccc2Br)c1Br. The number of nitrogens with zero attached hydrogens (tertiary/aromatic N) is 2. The summed E-state index contributed by atoms with van der Waals surface area (Å²) in [5, 5.41) is 14.0. The Labute approximate surface area is 132 Å². The van der Waals surface area contributed by atoms with E-state index in [1.807, 2.05) is 24.3 Å². The zero-order valence-corrected chi connectivity index (χ0v) is 13.7. The maximum atomic E-state index is 10.8. The first-order chi connectivity index (χ1) is 9.50. The van der Waals surface area contributed by atoms with Crippen LogP contribution in [0.15, 0.2) is 39.4 Å². The predicted molar refractivity (Wildman–Crippen MR) is 84.8 cm³/mol. The number of nitro groups is 1. The van der Waals surface area contributed by atoms with Crippen molar-refractivity contribution < 1.29 is 4.92 Å². The van der Waals surface area contributed by atoms with Crippen LogP contribution in [-0.2, 0) is 6.54 Å². The van der Waals surface area contributed by atoms with Crippen LogP contribution in [0.2, 0.25) is 0 Å². The van der Waals surface area contributed by atoms with Crippen LogP contribution < -0.4 is 5.32 Å². The molecule has 0 atom stereocenters. The van der Waals surface area contributed by atoms with E-state index in [2.05, 4.69) is 42.2 Å². The number of anilines is 1. The molecule has 0 fully saturated rings. The Balaban J connectivity index is 2.21. The summed E-state index contributed by atoms with van der Waals surface area (Å²) in [6, 6.07) is 7.84. The molecule has 0 bridgehead atoms. The number of halogens is 2. The molecule has 104 valence electrons. The molecule has 1 N–H and O–H groups in total. The summed E-state index contributed by atoms with van der Waals surface area (Å²) in [5.74, 6) is 0.587. The van der Waals surface area contributed by atoms with Gasteiger partial charge < -0.3 is 5.32 Å². The minimum Gasteiger partial charge on any atom is -0.365 e. The molecule has 1 aromatic carbocycles. The van der Waals surface area contributed by atoms with Crippen LogP contribution in [0.25, 0.3) is 0 Å². The Kier molecular flexibility index (Phi) is 4.72. The van der Waals surface area contributed by atoms with E-state index in [1.54, 1.807) is 6.92 Å². The molecule has 0 unspecified atom stereocenters. The highest BCUT2D eigenvalue weighted by molar-refractivity contribution is 9.11. The van der Waals surface area contributed by atoms with Crippen molar-refractivity contribution in [2.75, 3.05) is 5.32 Å². The molecule has 1 heterocycles. The summed E-state index contributed by atoms with van der Waals surface area (Å²) in [7, 11) is 0. The molecule has 1 aromatic heterocycles. The minimum absolute atomic E-state index is 0.00307. The van der Waals surface area contributed by atoms with Crippen LogP contribution in [0.1, 0.15) is 11.1 Å². The largest absolute Gasteiger partial charge is 0.365 e. The van der Waals surface area contributed by atoms with Gasteiger partial charge in [0.1, 0.15) is 12.0 Å². The molecule has 0 aliphatic rings. The fraction of sp³-hybridized carbons (Fsp3) is 0.154. The van der Waals surface area contributed by atoms with Crippen molar-refractivity contribution in [3.8, 4) is 0 Å². The Bertz CT molecular complexity index is 662. The highest BCUT2D eigenvalue weighted by Gasteiger charge is 2.17. The summed E-state index contributed by atoms with van der Waals surface area (Å²) in [4.78, 5) is 14.5. The molecule has 0 aliphatic carbocycles. The van der Waals surface area contributed by atoms with E-state index in [-0.39, 0.29) is 5.69 Å².